The van der Waals surface area contributed by atoms with Crippen LogP contribution in [0, 0.1) is 0 Å². The largest absolute Gasteiger partial charge is 0.507 e. The molecule has 1 unspecified atom stereocenters. The van der Waals surface area contributed by atoms with E-state index >= 15 is 0 Å². The van der Waals surface area contributed by atoms with Crippen LogP contribution < -0.4 is 9.47 Å². The summed E-state index contributed by atoms with van der Waals surface area (Å²) in [5, 5.41) is 11.2. The zero-order valence-corrected chi connectivity index (χ0v) is 20.6. The van der Waals surface area contributed by atoms with Crippen LogP contribution in [0.25, 0.3) is 5.76 Å². The number of amides is 1. The van der Waals surface area contributed by atoms with Crippen LogP contribution in [0.3, 0.4) is 0 Å². The van der Waals surface area contributed by atoms with E-state index in [1.807, 2.05) is 64.0 Å². The Kier molecular flexibility index (Phi) is 8.34. The van der Waals surface area contributed by atoms with Gasteiger partial charge in [0, 0.05) is 18.7 Å². The lowest BCUT2D eigenvalue weighted by Gasteiger charge is -2.27. The Morgan fingerprint density at radius 3 is 2.41 bits per heavy atom. The zero-order valence-electron chi connectivity index (χ0n) is 20.6. The molecular weight excluding hydrogens is 432 g/mol. The molecule has 0 bridgehead atoms. The standard InChI is InChI=1S/C27H34N2O5/c1-6-16-33-21-12-10-19(11-13-21)25(30)23-24(20-8-7-9-22(17-20)34-18(2)3)29(15-14-28(4)5)27(32)26(23)31/h7-13,17-18,24,30H,6,14-16H2,1-5H3/b25-23-. The molecule has 2 aromatic rings. The van der Waals surface area contributed by atoms with Crippen molar-refractivity contribution in [2.75, 3.05) is 33.8 Å². The fourth-order valence-corrected chi connectivity index (χ4v) is 3.88. The number of benzene rings is 2. The Labute approximate surface area is 201 Å². The SMILES string of the molecule is CCCOc1ccc(/C(O)=C2/C(=O)C(=O)N(CCN(C)C)C2c2cccc(OC(C)C)c2)cc1. The first-order valence-electron chi connectivity index (χ1n) is 11.7. The van der Waals surface area contributed by atoms with Crippen molar-refractivity contribution in [2.24, 2.45) is 0 Å². The maximum Gasteiger partial charge on any atom is 0.295 e. The molecular formula is C27H34N2O5. The van der Waals surface area contributed by atoms with E-state index in [1.165, 1.54) is 4.90 Å². The third-order valence-electron chi connectivity index (χ3n) is 5.47. The summed E-state index contributed by atoms with van der Waals surface area (Å²) in [4.78, 5) is 29.7. The Bertz CT molecular complexity index is 1040. The molecule has 1 aliphatic rings. The predicted octanol–water partition coefficient (Wildman–Crippen LogP) is 4.25. The van der Waals surface area contributed by atoms with Gasteiger partial charge in [-0.1, -0.05) is 19.1 Å². The maximum absolute atomic E-state index is 13.2. The van der Waals surface area contributed by atoms with E-state index in [1.54, 1.807) is 24.3 Å². The van der Waals surface area contributed by atoms with Crippen LogP contribution in [0.5, 0.6) is 11.5 Å². The van der Waals surface area contributed by atoms with Crippen molar-refractivity contribution < 1.29 is 24.2 Å². The van der Waals surface area contributed by atoms with E-state index < -0.39 is 17.7 Å². The first kappa shape index (κ1) is 25.3. The molecule has 1 amide bonds. The van der Waals surface area contributed by atoms with E-state index in [0.29, 0.717) is 42.3 Å². The minimum absolute atomic E-state index is 0.0243. The van der Waals surface area contributed by atoms with Crippen molar-refractivity contribution in [1.29, 1.82) is 0 Å². The number of likely N-dealkylation sites (tertiary alicyclic amines) is 1. The van der Waals surface area contributed by atoms with Crippen molar-refractivity contribution in [1.82, 2.24) is 9.80 Å². The van der Waals surface area contributed by atoms with Gasteiger partial charge in [-0.05, 0) is 76.3 Å². The first-order chi connectivity index (χ1) is 16.2. The third kappa shape index (κ3) is 5.78. The number of Topliss-reactive ketones (excluding diaryl/α,β-unsaturated/α-hetero) is 1. The van der Waals surface area contributed by atoms with Gasteiger partial charge in [0.1, 0.15) is 17.3 Å². The van der Waals surface area contributed by atoms with Crippen LogP contribution in [-0.4, -0.2) is 66.5 Å². The molecule has 0 spiro atoms. The number of nitrogens with zero attached hydrogens (tertiary/aromatic N) is 2. The van der Waals surface area contributed by atoms with E-state index in [-0.39, 0.29) is 17.4 Å². The summed E-state index contributed by atoms with van der Waals surface area (Å²) in [6, 6.07) is 13.5. The Hall–Kier alpha value is -3.32. The highest BCUT2D eigenvalue weighted by molar-refractivity contribution is 6.46. The van der Waals surface area contributed by atoms with Gasteiger partial charge in [0.05, 0.1) is 24.3 Å². The van der Waals surface area contributed by atoms with E-state index in [9.17, 15) is 14.7 Å². The second-order valence-corrected chi connectivity index (χ2v) is 8.91. The van der Waals surface area contributed by atoms with E-state index in [4.69, 9.17) is 9.47 Å². The summed E-state index contributed by atoms with van der Waals surface area (Å²) in [5.41, 5.74) is 1.24. The van der Waals surface area contributed by atoms with Crippen LogP contribution in [0.2, 0.25) is 0 Å². The Morgan fingerprint density at radius 1 is 1.09 bits per heavy atom. The van der Waals surface area contributed by atoms with Gasteiger partial charge in [-0.25, -0.2) is 0 Å². The van der Waals surface area contributed by atoms with Crippen molar-refractivity contribution in [3.8, 4) is 11.5 Å². The smallest absolute Gasteiger partial charge is 0.295 e. The number of hydrogen-bond acceptors (Lipinski definition) is 6. The number of likely N-dealkylation sites (N-methyl/N-ethyl adjacent to an activating group) is 1. The van der Waals surface area contributed by atoms with Crippen LogP contribution in [0.4, 0.5) is 0 Å². The zero-order chi connectivity index (χ0) is 24.8. The van der Waals surface area contributed by atoms with Gasteiger partial charge in [0.15, 0.2) is 0 Å². The van der Waals surface area contributed by atoms with Crippen LogP contribution in [0.1, 0.15) is 44.4 Å². The number of ketones is 1. The monoisotopic (exact) mass is 466 g/mol. The van der Waals surface area contributed by atoms with E-state index in [2.05, 4.69) is 0 Å². The molecule has 1 N–H and O–H groups in total. The topological polar surface area (TPSA) is 79.3 Å². The normalized spacial score (nSPS) is 17.6. The van der Waals surface area contributed by atoms with Crippen molar-refractivity contribution in [3.05, 3.63) is 65.2 Å². The van der Waals surface area contributed by atoms with Gasteiger partial charge in [0.2, 0.25) is 0 Å². The van der Waals surface area contributed by atoms with Crippen LogP contribution >= 0.6 is 0 Å². The molecule has 1 fully saturated rings. The fourth-order valence-electron chi connectivity index (χ4n) is 3.88. The van der Waals surface area contributed by atoms with Crippen molar-refractivity contribution in [3.63, 3.8) is 0 Å². The summed E-state index contributed by atoms with van der Waals surface area (Å²) in [6.07, 6.45) is 0.862. The highest BCUT2D eigenvalue weighted by Crippen LogP contribution is 2.40. The lowest BCUT2D eigenvalue weighted by Crippen LogP contribution is -2.35. The maximum atomic E-state index is 13.2. The summed E-state index contributed by atoms with van der Waals surface area (Å²) in [5.74, 6) is -0.190. The molecule has 7 nitrogen and oxygen atoms in total. The molecule has 182 valence electrons. The van der Waals surface area contributed by atoms with Crippen molar-refractivity contribution in [2.45, 2.75) is 39.3 Å². The van der Waals surface area contributed by atoms with Gasteiger partial charge < -0.3 is 24.4 Å². The van der Waals surface area contributed by atoms with Gasteiger partial charge in [-0.15, -0.1) is 0 Å². The van der Waals surface area contributed by atoms with Gasteiger partial charge in [-0.2, -0.15) is 0 Å². The lowest BCUT2D eigenvalue weighted by molar-refractivity contribution is -0.140. The molecule has 1 saturated heterocycles. The molecule has 34 heavy (non-hydrogen) atoms. The molecule has 0 aliphatic carbocycles. The second-order valence-electron chi connectivity index (χ2n) is 8.91. The van der Waals surface area contributed by atoms with E-state index in [0.717, 1.165) is 6.42 Å². The lowest BCUT2D eigenvalue weighted by atomic mass is 9.95. The average Bonchev–Trinajstić information content (AvgIpc) is 3.06. The fraction of sp³-hybridized carbons (Fsp3) is 0.407. The van der Waals surface area contributed by atoms with Gasteiger partial charge in [-0.3, -0.25) is 9.59 Å². The first-order valence-corrected chi connectivity index (χ1v) is 11.7. The summed E-state index contributed by atoms with van der Waals surface area (Å²) >= 11 is 0. The molecule has 1 atom stereocenters. The van der Waals surface area contributed by atoms with Crippen LogP contribution in [0.15, 0.2) is 54.1 Å². The molecule has 2 aromatic carbocycles. The minimum Gasteiger partial charge on any atom is -0.507 e. The molecule has 0 radical (unpaired) electrons. The molecule has 3 rings (SSSR count). The highest BCUT2D eigenvalue weighted by atomic mass is 16.5. The van der Waals surface area contributed by atoms with Gasteiger partial charge in [0.25, 0.3) is 11.7 Å². The number of rotatable bonds is 10. The quantitative estimate of drug-likeness (QED) is 0.320. The molecule has 7 heteroatoms. The Morgan fingerprint density at radius 2 is 1.79 bits per heavy atom. The molecule has 1 aliphatic heterocycles. The average molecular weight is 467 g/mol. The summed E-state index contributed by atoms with van der Waals surface area (Å²) < 4.78 is 11.5. The number of carbonyl (C=O) groups is 2. The summed E-state index contributed by atoms with van der Waals surface area (Å²) in [6.45, 7) is 7.41. The molecule has 0 aromatic heterocycles. The van der Waals surface area contributed by atoms with Gasteiger partial charge >= 0.3 is 0 Å². The predicted molar refractivity (Wildman–Crippen MR) is 132 cm³/mol. The van der Waals surface area contributed by atoms with Crippen LogP contribution in [-0.2, 0) is 9.59 Å². The molecule has 0 saturated carbocycles. The number of hydrogen-bond donors (Lipinski definition) is 1. The molecule has 1 heterocycles. The number of carbonyl (C=O) groups excluding carboxylic acids is 2. The second kappa shape index (κ2) is 11.2. The minimum atomic E-state index is -0.716. The number of aliphatic hydroxyl groups is 1. The third-order valence-corrected chi connectivity index (χ3v) is 5.47. The highest BCUT2D eigenvalue weighted by Gasteiger charge is 2.46. The Balaban J connectivity index is 2.07. The summed E-state index contributed by atoms with van der Waals surface area (Å²) in [7, 11) is 3.82. The number of ether oxygens (including phenoxy) is 2. The van der Waals surface area contributed by atoms with Crippen molar-refractivity contribution >= 4 is 17.4 Å². The number of aliphatic hydroxyl groups excluding tert-OH is 1.